The Hall–Kier alpha value is -2.64. The highest BCUT2D eigenvalue weighted by Gasteiger charge is 2.27. The number of carbonyl (C=O) groups is 1. The minimum Gasteiger partial charge on any atom is -0.330 e. The van der Waals surface area contributed by atoms with Gasteiger partial charge in [-0.3, -0.25) is 4.79 Å². The summed E-state index contributed by atoms with van der Waals surface area (Å²) >= 11 is 6.08. The molecular weight excluding hydrogens is 458 g/mol. The standard InChI is InChI=1S/C25H30ClN3O3S/c1-18(2)15-29-23(14-27-25(29)33(31,32)17-20-9-6-5-7-10-20)16-28(19(3)4)24(30)21-11-8-12-22(26)13-21/h5-14,18-19H,15-17H2,1-4H3. The second kappa shape index (κ2) is 10.5. The van der Waals surface area contributed by atoms with E-state index in [0.29, 0.717) is 28.4 Å². The summed E-state index contributed by atoms with van der Waals surface area (Å²) < 4.78 is 28.2. The maximum Gasteiger partial charge on any atom is 0.254 e. The van der Waals surface area contributed by atoms with Crippen molar-refractivity contribution in [2.75, 3.05) is 0 Å². The van der Waals surface area contributed by atoms with Gasteiger partial charge in [-0.2, -0.15) is 0 Å². The number of sulfone groups is 1. The molecule has 0 unspecified atom stereocenters. The van der Waals surface area contributed by atoms with Gasteiger partial charge in [-0.05, 0) is 43.5 Å². The summed E-state index contributed by atoms with van der Waals surface area (Å²) in [6.45, 7) is 8.63. The molecule has 3 aromatic rings. The summed E-state index contributed by atoms with van der Waals surface area (Å²) in [7, 11) is -3.67. The molecule has 6 nitrogen and oxygen atoms in total. The molecule has 0 saturated carbocycles. The lowest BCUT2D eigenvalue weighted by atomic mass is 10.1. The predicted octanol–water partition coefficient (Wildman–Crippen LogP) is 5.22. The normalized spacial score (nSPS) is 11.8. The topological polar surface area (TPSA) is 72.3 Å². The van der Waals surface area contributed by atoms with E-state index < -0.39 is 9.84 Å². The summed E-state index contributed by atoms with van der Waals surface area (Å²) in [5, 5.41) is 0.526. The van der Waals surface area contributed by atoms with E-state index >= 15 is 0 Å². The fraction of sp³-hybridized carbons (Fsp3) is 0.360. The minimum absolute atomic E-state index is 0.0361. The third-order valence-corrected chi connectivity index (χ3v) is 7.05. The maximum absolute atomic E-state index is 13.3. The molecule has 0 spiro atoms. The van der Waals surface area contributed by atoms with Crippen molar-refractivity contribution in [2.24, 2.45) is 5.92 Å². The average Bonchev–Trinajstić information content (AvgIpc) is 3.14. The van der Waals surface area contributed by atoms with Crippen molar-refractivity contribution in [2.45, 2.75) is 57.7 Å². The molecule has 3 rings (SSSR count). The van der Waals surface area contributed by atoms with E-state index in [-0.39, 0.29) is 35.3 Å². The van der Waals surface area contributed by atoms with Gasteiger partial charge in [-0.15, -0.1) is 0 Å². The van der Waals surface area contributed by atoms with Crippen molar-refractivity contribution in [1.29, 1.82) is 0 Å². The molecule has 33 heavy (non-hydrogen) atoms. The molecule has 0 aliphatic rings. The molecule has 176 valence electrons. The van der Waals surface area contributed by atoms with Gasteiger partial charge < -0.3 is 9.47 Å². The van der Waals surface area contributed by atoms with E-state index in [4.69, 9.17) is 11.6 Å². The first-order valence-electron chi connectivity index (χ1n) is 11.0. The van der Waals surface area contributed by atoms with Gasteiger partial charge in [-0.25, -0.2) is 13.4 Å². The lowest BCUT2D eigenvalue weighted by molar-refractivity contribution is 0.0685. The number of hydrogen-bond donors (Lipinski definition) is 0. The largest absolute Gasteiger partial charge is 0.330 e. The van der Waals surface area contributed by atoms with Crippen LogP contribution in [0.25, 0.3) is 0 Å². The third-order valence-electron chi connectivity index (χ3n) is 5.22. The van der Waals surface area contributed by atoms with Crippen LogP contribution in [-0.2, 0) is 28.7 Å². The molecule has 0 N–H and O–H groups in total. The van der Waals surface area contributed by atoms with Crippen LogP contribution in [-0.4, -0.2) is 34.8 Å². The molecule has 0 aliphatic heterocycles. The molecule has 1 aromatic heterocycles. The van der Waals surface area contributed by atoms with Crippen LogP contribution in [0.4, 0.5) is 0 Å². The Labute approximate surface area is 201 Å². The summed E-state index contributed by atoms with van der Waals surface area (Å²) in [5.74, 6) is -0.101. The number of benzene rings is 2. The highest BCUT2D eigenvalue weighted by molar-refractivity contribution is 7.90. The molecule has 0 atom stereocenters. The first kappa shape index (κ1) is 25.0. The van der Waals surface area contributed by atoms with Crippen molar-refractivity contribution in [1.82, 2.24) is 14.5 Å². The highest BCUT2D eigenvalue weighted by Crippen LogP contribution is 2.22. The van der Waals surface area contributed by atoms with Gasteiger partial charge in [0.25, 0.3) is 5.91 Å². The fourth-order valence-corrected chi connectivity index (χ4v) is 5.33. The van der Waals surface area contributed by atoms with Crippen LogP contribution in [0.15, 0.2) is 66.0 Å². The van der Waals surface area contributed by atoms with Gasteiger partial charge >= 0.3 is 0 Å². The van der Waals surface area contributed by atoms with Crippen LogP contribution in [0.1, 0.15) is 49.3 Å². The van der Waals surface area contributed by atoms with E-state index in [1.165, 1.54) is 0 Å². The van der Waals surface area contributed by atoms with E-state index in [2.05, 4.69) is 4.98 Å². The van der Waals surface area contributed by atoms with Gasteiger partial charge in [-0.1, -0.05) is 61.8 Å². The number of amides is 1. The molecule has 0 aliphatic carbocycles. The van der Waals surface area contributed by atoms with E-state index in [0.717, 1.165) is 0 Å². The number of aromatic nitrogens is 2. The van der Waals surface area contributed by atoms with Crippen LogP contribution in [0.3, 0.4) is 0 Å². The van der Waals surface area contributed by atoms with E-state index in [9.17, 15) is 13.2 Å². The quantitative estimate of drug-likeness (QED) is 0.415. The van der Waals surface area contributed by atoms with Crippen LogP contribution in [0.2, 0.25) is 5.02 Å². The van der Waals surface area contributed by atoms with Crippen molar-refractivity contribution in [3.05, 3.63) is 82.6 Å². The van der Waals surface area contributed by atoms with Gasteiger partial charge in [0.2, 0.25) is 15.0 Å². The smallest absolute Gasteiger partial charge is 0.254 e. The second-order valence-electron chi connectivity index (χ2n) is 8.82. The van der Waals surface area contributed by atoms with Gasteiger partial charge in [0.1, 0.15) is 0 Å². The third kappa shape index (κ3) is 6.24. The zero-order valence-electron chi connectivity index (χ0n) is 19.4. The summed E-state index contributed by atoms with van der Waals surface area (Å²) in [6.07, 6.45) is 1.57. The van der Waals surface area contributed by atoms with E-state index in [1.54, 1.807) is 52.1 Å². The van der Waals surface area contributed by atoms with Crippen molar-refractivity contribution < 1.29 is 13.2 Å². The second-order valence-corrected chi connectivity index (χ2v) is 11.1. The lowest BCUT2D eigenvalue weighted by Crippen LogP contribution is -2.37. The minimum atomic E-state index is -3.67. The highest BCUT2D eigenvalue weighted by atomic mass is 35.5. The van der Waals surface area contributed by atoms with Crippen molar-refractivity contribution in [3.63, 3.8) is 0 Å². The number of nitrogens with zero attached hydrogens (tertiary/aromatic N) is 3. The average molecular weight is 488 g/mol. The number of carbonyl (C=O) groups excluding carboxylic acids is 1. The fourth-order valence-electron chi connectivity index (χ4n) is 3.64. The summed E-state index contributed by atoms with van der Waals surface area (Å²) in [6, 6.07) is 15.8. The Bertz CT molecular complexity index is 1200. The first-order valence-corrected chi connectivity index (χ1v) is 13.0. The Morgan fingerprint density at radius 3 is 2.36 bits per heavy atom. The zero-order valence-corrected chi connectivity index (χ0v) is 21.0. The van der Waals surface area contributed by atoms with E-state index in [1.807, 2.05) is 45.9 Å². The Kier molecular flexibility index (Phi) is 7.97. The Morgan fingerprint density at radius 2 is 1.76 bits per heavy atom. The zero-order chi connectivity index (χ0) is 24.2. The van der Waals surface area contributed by atoms with Gasteiger partial charge in [0.15, 0.2) is 0 Å². The molecule has 0 fully saturated rings. The molecule has 8 heteroatoms. The Balaban J connectivity index is 1.96. The van der Waals surface area contributed by atoms with Crippen LogP contribution in [0.5, 0.6) is 0 Å². The molecule has 0 saturated heterocycles. The molecule has 1 amide bonds. The predicted molar refractivity (Wildman–Crippen MR) is 131 cm³/mol. The first-order chi connectivity index (χ1) is 15.6. The number of halogens is 1. The molecule has 0 bridgehead atoms. The van der Waals surface area contributed by atoms with Crippen molar-refractivity contribution >= 4 is 27.3 Å². The van der Waals surface area contributed by atoms with Crippen LogP contribution >= 0.6 is 11.6 Å². The summed E-state index contributed by atoms with van der Waals surface area (Å²) in [5.41, 5.74) is 1.88. The molecular formula is C25H30ClN3O3S. The number of rotatable bonds is 9. The summed E-state index contributed by atoms with van der Waals surface area (Å²) in [4.78, 5) is 19.3. The molecule has 0 radical (unpaired) electrons. The maximum atomic E-state index is 13.3. The lowest BCUT2D eigenvalue weighted by Gasteiger charge is -2.28. The molecule has 2 aromatic carbocycles. The van der Waals surface area contributed by atoms with Gasteiger partial charge in [0, 0.05) is 23.2 Å². The monoisotopic (exact) mass is 487 g/mol. The van der Waals surface area contributed by atoms with Gasteiger partial charge in [0.05, 0.1) is 24.2 Å². The molecule has 1 heterocycles. The number of imidazole rings is 1. The van der Waals surface area contributed by atoms with Crippen LogP contribution in [0, 0.1) is 5.92 Å². The SMILES string of the molecule is CC(C)Cn1c(CN(C(=O)c2cccc(Cl)c2)C(C)C)cnc1S(=O)(=O)Cc1ccccc1. The number of hydrogen-bond acceptors (Lipinski definition) is 4. The van der Waals surface area contributed by atoms with Crippen molar-refractivity contribution in [3.8, 4) is 0 Å². The Morgan fingerprint density at radius 1 is 1.06 bits per heavy atom. The van der Waals surface area contributed by atoms with Crippen LogP contribution < -0.4 is 0 Å².